The molecule has 0 aliphatic heterocycles. The van der Waals surface area contributed by atoms with Crippen LogP contribution >= 0.6 is 11.3 Å². The fourth-order valence-electron chi connectivity index (χ4n) is 1.83. The van der Waals surface area contributed by atoms with Crippen LogP contribution in [0.5, 0.6) is 0 Å². The molecule has 2 nitrogen and oxygen atoms in total. The van der Waals surface area contributed by atoms with E-state index in [9.17, 15) is 0 Å². The number of hydrogen-bond acceptors (Lipinski definition) is 3. The van der Waals surface area contributed by atoms with Crippen LogP contribution in [0.4, 0.5) is 0 Å². The summed E-state index contributed by atoms with van der Waals surface area (Å²) < 4.78 is 0. The molecule has 0 radical (unpaired) electrons. The zero-order valence-electron chi connectivity index (χ0n) is 10.1. The second kappa shape index (κ2) is 5.94. The van der Waals surface area contributed by atoms with Gasteiger partial charge in [0.15, 0.2) is 0 Å². The van der Waals surface area contributed by atoms with Gasteiger partial charge in [0.25, 0.3) is 0 Å². The average Bonchev–Trinajstić information content (AvgIpc) is 2.79. The van der Waals surface area contributed by atoms with E-state index in [-0.39, 0.29) is 0 Å². The van der Waals surface area contributed by atoms with E-state index in [1.54, 1.807) is 11.3 Å². The molecule has 0 saturated carbocycles. The Morgan fingerprint density at radius 3 is 2.82 bits per heavy atom. The van der Waals surface area contributed by atoms with Crippen molar-refractivity contribution in [3.8, 4) is 11.3 Å². The van der Waals surface area contributed by atoms with Crippen LogP contribution in [-0.2, 0) is 6.42 Å². The lowest BCUT2D eigenvalue weighted by Gasteiger charge is -2.00. The minimum atomic E-state index is 0.774. The molecule has 0 bridgehead atoms. The molecule has 1 aromatic carbocycles. The molecule has 0 atom stereocenters. The molecule has 2 N–H and O–H groups in total. The molecule has 2 aromatic rings. The summed E-state index contributed by atoms with van der Waals surface area (Å²) in [6.45, 7) is 2.90. The zero-order valence-corrected chi connectivity index (χ0v) is 11.0. The number of aryl methyl sites for hydroxylation is 2. The molecular formula is C14H18N2S. The van der Waals surface area contributed by atoms with Crippen LogP contribution in [-0.4, -0.2) is 11.5 Å². The molecule has 1 heterocycles. The van der Waals surface area contributed by atoms with Crippen LogP contribution in [0.2, 0.25) is 0 Å². The van der Waals surface area contributed by atoms with Crippen LogP contribution in [0.3, 0.4) is 0 Å². The van der Waals surface area contributed by atoms with E-state index in [0.717, 1.165) is 31.5 Å². The van der Waals surface area contributed by atoms with E-state index in [1.807, 2.05) is 0 Å². The highest BCUT2D eigenvalue weighted by atomic mass is 32.1. The number of aromatic nitrogens is 1. The summed E-state index contributed by atoms with van der Waals surface area (Å²) in [6, 6.07) is 8.39. The SMILES string of the molecule is Cc1ccccc1-c1csc(CCCCN)n1. The number of nitrogens with two attached hydrogens (primary N) is 1. The number of unbranched alkanes of at least 4 members (excludes halogenated alkanes) is 1. The van der Waals surface area contributed by atoms with Gasteiger partial charge in [-0.25, -0.2) is 4.98 Å². The Kier molecular flexibility index (Phi) is 4.29. The van der Waals surface area contributed by atoms with Crippen LogP contribution in [0.15, 0.2) is 29.6 Å². The number of benzene rings is 1. The normalized spacial score (nSPS) is 10.7. The molecule has 0 aliphatic rings. The topological polar surface area (TPSA) is 38.9 Å². The molecule has 90 valence electrons. The van der Waals surface area contributed by atoms with Gasteiger partial charge in [-0.05, 0) is 38.3 Å². The first-order valence-electron chi connectivity index (χ1n) is 6.01. The number of rotatable bonds is 5. The molecule has 1 aromatic heterocycles. The number of thiazole rings is 1. The molecule has 0 aliphatic carbocycles. The van der Waals surface area contributed by atoms with E-state index in [4.69, 9.17) is 10.7 Å². The van der Waals surface area contributed by atoms with E-state index in [1.165, 1.54) is 16.1 Å². The van der Waals surface area contributed by atoms with Crippen LogP contribution < -0.4 is 5.73 Å². The molecule has 0 amide bonds. The molecular weight excluding hydrogens is 228 g/mol. The van der Waals surface area contributed by atoms with Crippen molar-refractivity contribution in [3.05, 3.63) is 40.2 Å². The van der Waals surface area contributed by atoms with Gasteiger partial charge >= 0.3 is 0 Å². The summed E-state index contributed by atoms with van der Waals surface area (Å²) in [6.07, 6.45) is 3.27. The smallest absolute Gasteiger partial charge is 0.0932 e. The molecule has 0 unspecified atom stereocenters. The molecule has 0 spiro atoms. The molecule has 0 fully saturated rings. The van der Waals surface area contributed by atoms with Crippen molar-refractivity contribution in [1.82, 2.24) is 4.98 Å². The number of nitrogens with zero attached hydrogens (tertiary/aromatic N) is 1. The van der Waals surface area contributed by atoms with Crippen molar-refractivity contribution < 1.29 is 0 Å². The summed E-state index contributed by atoms with van der Waals surface area (Å²) in [5.41, 5.74) is 9.13. The van der Waals surface area contributed by atoms with E-state index in [0.29, 0.717) is 0 Å². The lowest BCUT2D eigenvalue weighted by molar-refractivity contribution is 0.742. The third-order valence-corrected chi connectivity index (χ3v) is 3.73. The monoisotopic (exact) mass is 246 g/mol. The van der Waals surface area contributed by atoms with Gasteiger partial charge < -0.3 is 5.73 Å². The maximum absolute atomic E-state index is 5.49. The Bertz CT molecular complexity index is 477. The predicted molar refractivity (Wildman–Crippen MR) is 74.3 cm³/mol. The fraction of sp³-hybridized carbons (Fsp3) is 0.357. The first kappa shape index (κ1) is 12.3. The molecule has 0 saturated heterocycles. The minimum absolute atomic E-state index is 0.774. The van der Waals surface area contributed by atoms with Gasteiger partial charge in [0.05, 0.1) is 10.7 Å². The van der Waals surface area contributed by atoms with Crippen LogP contribution in [0, 0.1) is 6.92 Å². The lowest BCUT2D eigenvalue weighted by atomic mass is 10.1. The first-order chi connectivity index (χ1) is 8.31. The standard InChI is InChI=1S/C14H18N2S/c1-11-6-2-3-7-12(11)13-10-17-14(16-13)8-4-5-9-15/h2-3,6-7,10H,4-5,8-9,15H2,1H3. The molecule has 17 heavy (non-hydrogen) atoms. The fourth-order valence-corrected chi connectivity index (χ4v) is 2.67. The van der Waals surface area contributed by atoms with Gasteiger partial charge in [0.1, 0.15) is 0 Å². The van der Waals surface area contributed by atoms with Gasteiger partial charge in [0, 0.05) is 10.9 Å². The van der Waals surface area contributed by atoms with Crippen molar-refractivity contribution in [2.75, 3.05) is 6.54 Å². The van der Waals surface area contributed by atoms with Crippen LogP contribution in [0.25, 0.3) is 11.3 Å². The summed E-state index contributed by atoms with van der Waals surface area (Å²) in [5, 5.41) is 3.37. The highest BCUT2D eigenvalue weighted by Crippen LogP contribution is 2.25. The Labute approximate surface area is 107 Å². The van der Waals surface area contributed by atoms with Crippen molar-refractivity contribution >= 4 is 11.3 Å². The third kappa shape index (κ3) is 3.14. The zero-order chi connectivity index (χ0) is 12.1. The minimum Gasteiger partial charge on any atom is -0.330 e. The summed E-state index contributed by atoms with van der Waals surface area (Å²) >= 11 is 1.75. The second-order valence-electron chi connectivity index (χ2n) is 4.19. The van der Waals surface area contributed by atoms with Gasteiger partial charge in [-0.2, -0.15) is 0 Å². The van der Waals surface area contributed by atoms with Crippen molar-refractivity contribution in [2.45, 2.75) is 26.2 Å². The Balaban J connectivity index is 2.10. The first-order valence-corrected chi connectivity index (χ1v) is 6.89. The average molecular weight is 246 g/mol. The third-order valence-electron chi connectivity index (χ3n) is 2.82. The van der Waals surface area contributed by atoms with E-state index < -0.39 is 0 Å². The predicted octanol–water partition coefficient (Wildman–Crippen LogP) is 3.40. The van der Waals surface area contributed by atoms with Crippen molar-refractivity contribution in [2.24, 2.45) is 5.73 Å². The lowest BCUT2D eigenvalue weighted by Crippen LogP contribution is -1.98. The van der Waals surface area contributed by atoms with Gasteiger partial charge in [-0.15, -0.1) is 11.3 Å². The van der Waals surface area contributed by atoms with E-state index >= 15 is 0 Å². The van der Waals surface area contributed by atoms with Crippen molar-refractivity contribution in [1.29, 1.82) is 0 Å². The van der Waals surface area contributed by atoms with Crippen LogP contribution in [0.1, 0.15) is 23.4 Å². The Morgan fingerprint density at radius 2 is 2.06 bits per heavy atom. The summed E-state index contributed by atoms with van der Waals surface area (Å²) in [5.74, 6) is 0. The molecule has 3 heteroatoms. The molecule has 2 rings (SSSR count). The highest BCUT2D eigenvalue weighted by molar-refractivity contribution is 7.09. The summed E-state index contributed by atoms with van der Waals surface area (Å²) in [4.78, 5) is 4.69. The maximum atomic E-state index is 5.49. The van der Waals surface area contributed by atoms with Crippen molar-refractivity contribution in [3.63, 3.8) is 0 Å². The van der Waals surface area contributed by atoms with E-state index in [2.05, 4.69) is 36.6 Å². The Hall–Kier alpha value is -1.19. The van der Waals surface area contributed by atoms with Gasteiger partial charge in [-0.3, -0.25) is 0 Å². The summed E-state index contributed by atoms with van der Waals surface area (Å²) in [7, 11) is 0. The largest absolute Gasteiger partial charge is 0.330 e. The van der Waals surface area contributed by atoms with Gasteiger partial charge in [-0.1, -0.05) is 24.3 Å². The Morgan fingerprint density at radius 1 is 1.24 bits per heavy atom. The number of hydrogen-bond donors (Lipinski definition) is 1. The highest BCUT2D eigenvalue weighted by Gasteiger charge is 2.06. The quantitative estimate of drug-likeness (QED) is 0.821. The second-order valence-corrected chi connectivity index (χ2v) is 5.13. The van der Waals surface area contributed by atoms with Gasteiger partial charge in [0.2, 0.25) is 0 Å². The maximum Gasteiger partial charge on any atom is 0.0932 e.